The van der Waals surface area contributed by atoms with Crippen LogP contribution in [-0.2, 0) is 25.1 Å². The Labute approximate surface area is 174 Å². The monoisotopic (exact) mass is 445 g/mol. The zero-order valence-corrected chi connectivity index (χ0v) is 18.4. The summed E-state index contributed by atoms with van der Waals surface area (Å²) in [4.78, 5) is 21.3. The number of benzene rings is 2. The molecule has 6 nitrogen and oxygen atoms in total. The van der Waals surface area contributed by atoms with Gasteiger partial charge in [-0.15, -0.1) is 0 Å². The molecule has 28 heavy (non-hydrogen) atoms. The lowest BCUT2D eigenvalue weighted by Gasteiger charge is -2.24. The van der Waals surface area contributed by atoms with Crippen LogP contribution in [0.15, 0.2) is 35.2 Å². The standard InChI is InChI=1S/C19H21Cl2NO5S/c1-11(23)26-27-18-14(9-13(20)10-15(18)19(2,3)4)12-6-7-17(16(21)8-12)28(24,25)22-5/h6-10,22H,1-5H3. The second-order valence-corrected chi connectivity index (χ2v) is 9.79. The van der Waals surface area contributed by atoms with Crippen LogP contribution in [-0.4, -0.2) is 21.4 Å². The predicted molar refractivity (Wildman–Crippen MR) is 109 cm³/mol. The molecule has 0 aliphatic rings. The van der Waals surface area contributed by atoms with Gasteiger partial charge in [-0.3, -0.25) is 9.78 Å². The summed E-state index contributed by atoms with van der Waals surface area (Å²) in [5, 5.41) is 0.473. The van der Waals surface area contributed by atoms with Crippen molar-refractivity contribution in [1.29, 1.82) is 0 Å². The van der Waals surface area contributed by atoms with E-state index in [-0.39, 0.29) is 15.3 Å². The molecular weight excluding hydrogens is 425 g/mol. The van der Waals surface area contributed by atoms with Gasteiger partial charge in [-0.05, 0) is 42.3 Å². The van der Waals surface area contributed by atoms with Gasteiger partial charge in [0.25, 0.3) is 0 Å². The van der Waals surface area contributed by atoms with E-state index in [1.807, 2.05) is 20.8 Å². The SMILES string of the molecule is CNS(=O)(=O)c1ccc(-c2cc(Cl)cc(C(C)(C)C)c2OOC(C)=O)cc1Cl. The number of hydrogen-bond donors (Lipinski definition) is 1. The van der Waals surface area contributed by atoms with Crippen LogP contribution in [0.1, 0.15) is 33.3 Å². The first kappa shape index (κ1) is 22.5. The van der Waals surface area contributed by atoms with Crippen molar-refractivity contribution >= 4 is 39.2 Å². The Balaban J connectivity index is 2.72. The fourth-order valence-electron chi connectivity index (χ4n) is 2.55. The summed E-state index contributed by atoms with van der Waals surface area (Å²) in [6.45, 7) is 7.09. The Kier molecular flexibility index (Phi) is 6.66. The Morgan fingerprint density at radius 1 is 1.11 bits per heavy atom. The molecule has 0 bridgehead atoms. The molecule has 0 saturated heterocycles. The largest absolute Gasteiger partial charge is 0.352 e. The van der Waals surface area contributed by atoms with Crippen LogP contribution in [0, 0.1) is 0 Å². The molecule has 0 aliphatic carbocycles. The molecule has 2 aromatic carbocycles. The number of rotatable bonds is 5. The van der Waals surface area contributed by atoms with Gasteiger partial charge in [-0.25, -0.2) is 17.9 Å². The lowest BCUT2D eigenvalue weighted by atomic mass is 9.84. The molecule has 9 heteroatoms. The molecule has 1 N–H and O–H groups in total. The number of carbonyl (C=O) groups is 1. The highest BCUT2D eigenvalue weighted by Gasteiger charge is 2.26. The van der Waals surface area contributed by atoms with Crippen molar-refractivity contribution in [1.82, 2.24) is 4.72 Å². The predicted octanol–water partition coefficient (Wildman–Crippen LogP) is 4.72. The van der Waals surface area contributed by atoms with E-state index < -0.39 is 16.0 Å². The second-order valence-electron chi connectivity index (χ2n) is 7.09. The highest BCUT2D eigenvalue weighted by molar-refractivity contribution is 7.89. The summed E-state index contributed by atoms with van der Waals surface area (Å²) >= 11 is 12.5. The van der Waals surface area contributed by atoms with Crippen molar-refractivity contribution in [2.75, 3.05) is 7.05 Å². The minimum atomic E-state index is -3.71. The quantitative estimate of drug-likeness (QED) is 0.531. The molecule has 2 aromatic rings. The van der Waals surface area contributed by atoms with Gasteiger partial charge in [0.2, 0.25) is 10.0 Å². The van der Waals surface area contributed by atoms with Gasteiger partial charge in [0.05, 0.1) is 5.02 Å². The fourth-order valence-corrected chi connectivity index (χ4v) is 4.04. The lowest BCUT2D eigenvalue weighted by molar-refractivity contribution is -0.211. The lowest BCUT2D eigenvalue weighted by Crippen LogP contribution is -2.19. The van der Waals surface area contributed by atoms with Crippen molar-refractivity contribution in [3.63, 3.8) is 0 Å². The van der Waals surface area contributed by atoms with Crippen molar-refractivity contribution < 1.29 is 23.0 Å². The summed E-state index contributed by atoms with van der Waals surface area (Å²) in [5.74, 6) is -0.318. The first-order valence-corrected chi connectivity index (χ1v) is 10.5. The normalized spacial score (nSPS) is 12.0. The smallest absolute Gasteiger partial charge is 0.286 e. The van der Waals surface area contributed by atoms with Crippen molar-refractivity contribution in [2.24, 2.45) is 0 Å². The zero-order chi connectivity index (χ0) is 21.3. The van der Waals surface area contributed by atoms with E-state index in [9.17, 15) is 13.2 Å². The molecule has 0 spiro atoms. The zero-order valence-electron chi connectivity index (χ0n) is 16.1. The van der Waals surface area contributed by atoms with Gasteiger partial charge in [0.15, 0.2) is 5.75 Å². The number of hydrogen-bond acceptors (Lipinski definition) is 5. The first-order chi connectivity index (χ1) is 12.9. The molecular formula is C19H21Cl2NO5S. The van der Waals surface area contributed by atoms with Crippen LogP contribution in [0.25, 0.3) is 11.1 Å². The number of halogens is 2. The van der Waals surface area contributed by atoms with Crippen LogP contribution >= 0.6 is 23.2 Å². The minimum Gasteiger partial charge on any atom is -0.286 e. The van der Waals surface area contributed by atoms with Crippen LogP contribution in [0.4, 0.5) is 0 Å². The molecule has 0 heterocycles. The maximum absolute atomic E-state index is 12.1. The molecule has 0 fully saturated rings. The van der Waals surface area contributed by atoms with Crippen molar-refractivity contribution in [3.05, 3.63) is 45.9 Å². The van der Waals surface area contributed by atoms with Gasteiger partial charge in [-0.2, -0.15) is 0 Å². The third-order valence-corrected chi connectivity index (χ3v) is 6.02. The van der Waals surface area contributed by atoms with Crippen LogP contribution in [0.2, 0.25) is 10.0 Å². The molecule has 0 aliphatic heterocycles. The summed E-state index contributed by atoms with van der Waals surface area (Å²) in [6.07, 6.45) is 0. The van der Waals surface area contributed by atoms with E-state index in [1.54, 1.807) is 18.2 Å². The third-order valence-electron chi connectivity index (χ3n) is 3.91. The molecule has 0 saturated carbocycles. The molecule has 0 atom stereocenters. The van der Waals surface area contributed by atoms with Gasteiger partial charge < -0.3 is 0 Å². The fraction of sp³-hybridized carbons (Fsp3) is 0.316. The van der Waals surface area contributed by atoms with E-state index in [2.05, 4.69) is 4.72 Å². The Bertz CT molecular complexity index is 1010. The summed E-state index contributed by atoms with van der Waals surface area (Å²) in [6, 6.07) is 7.81. The first-order valence-electron chi connectivity index (χ1n) is 8.29. The van der Waals surface area contributed by atoms with E-state index >= 15 is 0 Å². The highest BCUT2D eigenvalue weighted by Crippen LogP contribution is 2.42. The topological polar surface area (TPSA) is 81.7 Å². The van der Waals surface area contributed by atoms with E-state index in [0.717, 1.165) is 0 Å². The molecule has 0 aromatic heterocycles. The van der Waals surface area contributed by atoms with E-state index in [4.69, 9.17) is 33.0 Å². The van der Waals surface area contributed by atoms with Gasteiger partial charge in [-0.1, -0.05) is 50.0 Å². The average Bonchev–Trinajstić information content (AvgIpc) is 2.58. The van der Waals surface area contributed by atoms with Crippen LogP contribution in [0.5, 0.6) is 5.75 Å². The third kappa shape index (κ3) is 4.97. The Morgan fingerprint density at radius 3 is 2.25 bits per heavy atom. The summed E-state index contributed by atoms with van der Waals surface area (Å²) in [5.41, 5.74) is 1.39. The molecule has 0 unspecified atom stereocenters. The molecule has 152 valence electrons. The molecule has 0 radical (unpaired) electrons. The van der Waals surface area contributed by atoms with Crippen LogP contribution in [0.3, 0.4) is 0 Å². The maximum Gasteiger partial charge on any atom is 0.352 e. The summed E-state index contributed by atoms with van der Waals surface area (Å²) in [7, 11) is -2.40. The van der Waals surface area contributed by atoms with E-state index in [0.29, 0.717) is 27.5 Å². The molecule has 2 rings (SSSR count). The summed E-state index contributed by atoms with van der Waals surface area (Å²) < 4.78 is 26.3. The van der Waals surface area contributed by atoms with E-state index in [1.165, 1.54) is 26.1 Å². The van der Waals surface area contributed by atoms with Crippen LogP contribution < -0.4 is 9.61 Å². The number of sulfonamides is 1. The maximum atomic E-state index is 12.1. The second kappa shape index (κ2) is 8.29. The molecule has 0 amide bonds. The van der Waals surface area contributed by atoms with Gasteiger partial charge in [0.1, 0.15) is 4.90 Å². The Morgan fingerprint density at radius 2 is 1.75 bits per heavy atom. The highest BCUT2D eigenvalue weighted by atomic mass is 35.5. The average molecular weight is 446 g/mol. The number of carbonyl (C=O) groups excluding carboxylic acids is 1. The van der Waals surface area contributed by atoms with Gasteiger partial charge >= 0.3 is 5.97 Å². The van der Waals surface area contributed by atoms with Gasteiger partial charge in [0, 0.05) is 23.1 Å². The minimum absolute atomic E-state index is 0.0302. The number of nitrogens with one attached hydrogen (secondary N) is 1. The Hall–Kier alpha value is -1.80. The van der Waals surface area contributed by atoms with Crippen molar-refractivity contribution in [3.8, 4) is 16.9 Å². The van der Waals surface area contributed by atoms with Crippen molar-refractivity contribution in [2.45, 2.75) is 38.0 Å².